The Kier molecular flexibility index (Phi) is 4.20. The van der Waals surface area contributed by atoms with Gasteiger partial charge in [0.05, 0.1) is 5.69 Å². The molecule has 23 heavy (non-hydrogen) atoms. The lowest BCUT2D eigenvalue weighted by Gasteiger charge is -2.07. The highest BCUT2D eigenvalue weighted by Gasteiger charge is 2.11. The molecule has 0 unspecified atom stereocenters. The summed E-state index contributed by atoms with van der Waals surface area (Å²) in [6, 6.07) is 17.7. The Morgan fingerprint density at radius 1 is 0.913 bits per heavy atom. The van der Waals surface area contributed by atoms with Crippen molar-refractivity contribution in [2.24, 2.45) is 10.2 Å². The van der Waals surface area contributed by atoms with Crippen LogP contribution >= 0.6 is 0 Å². The molecule has 0 saturated heterocycles. The molecule has 0 spiro atoms. The molecule has 0 radical (unpaired) electrons. The summed E-state index contributed by atoms with van der Waals surface area (Å²) in [6.07, 6.45) is 0. The van der Waals surface area contributed by atoms with Crippen molar-refractivity contribution in [3.63, 3.8) is 0 Å². The molecular weight excluding hydrogens is 314 g/mol. The molecule has 0 heterocycles. The van der Waals surface area contributed by atoms with Crippen LogP contribution in [0.15, 0.2) is 70.9 Å². The predicted octanol–water partition coefficient (Wildman–Crippen LogP) is 3.74. The molecule has 2 N–H and O–H groups in total. The number of hydrogen-bond acceptors (Lipinski definition) is 6. The van der Waals surface area contributed by atoms with Crippen molar-refractivity contribution in [2.75, 3.05) is 5.73 Å². The van der Waals surface area contributed by atoms with Gasteiger partial charge in [-0.05, 0) is 35.7 Å². The zero-order valence-corrected chi connectivity index (χ0v) is 12.8. The van der Waals surface area contributed by atoms with Crippen LogP contribution in [-0.2, 0) is 11.0 Å². The molecule has 116 valence electrons. The predicted molar refractivity (Wildman–Crippen MR) is 89.9 cm³/mol. The first-order valence-corrected chi connectivity index (χ1v) is 7.84. The highest BCUT2D eigenvalue weighted by atomic mass is 32.2. The van der Waals surface area contributed by atoms with Crippen molar-refractivity contribution in [3.8, 4) is 5.75 Å². The van der Waals surface area contributed by atoms with Crippen molar-refractivity contribution in [3.05, 3.63) is 60.7 Å². The lowest BCUT2D eigenvalue weighted by Crippen LogP contribution is -1.93. The number of thiol groups is 1. The largest absolute Gasteiger partial charge is 0.399 e. The Morgan fingerprint density at radius 3 is 2.39 bits per heavy atom. The van der Waals surface area contributed by atoms with Crippen molar-refractivity contribution in [1.29, 1.82) is 0 Å². The Balaban J connectivity index is 2.13. The maximum atomic E-state index is 11.0. The molecule has 0 aliphatic rings. The maximum Gasteiger partial charge on any atom is 0.299 e. The fourth-order valence-corrected chi connectivity index (χ4v) is 2.49. The molecule has 0 aliphatic carbocycles. The SMILES string of the molecule is Nc1ccc2ccc(N=Nc3ccccc3)c(O[SH](=O)=O)c2c1. The second-order valence-corrected chi connectivity index (χ2v) is 5.37. The van der Waals surface area contributed by atoms with Crippen LogP contribution in [0.5, 0.6) is 5.75 Å². The molecular formula is C16H13N3O3S. The van der Waals surface area contributed by atoms with E-state index in [0.29, 0.717) is 22.4 Å². The highest BCUT2D eigenvalue weighted by Crippen LogP contribution is 2.37. The minimum absolute atomic E-state index is 0.116. The van der Waals surface area contributed by atoms with E-state index in [9.17, 15) is 8.42 Å². The van der Waals surface area contributed by atoms with E-state index in [2.05, 4.69) is 10.2 Å². The minimum Gasteiger partial charge on any atom is -0.399 e. The number of azo groups is 1. The summed E-state index contributed by atoms with van der Waals surface area (Å²) < 4.78 is 27.0. The number of fused-ring (bicyclic) bond motifs is 1. The summed E-state index contributed by atoms with van der Waals surface area (Å²) in [5.74, 6) is 0.116. The topological polar surface area (TPSA) is 94.1 Å². The van der Waals surface area contributed by atoms with Crippen LogP contribution in [0.2, 0.25) is 0 Å². The molecule has 0 aromatic heterocycles. The number of anilines is 1. The first-order valence-electron chi connectivity index (χ1n) is 6.75. The number of hydrogen-bond donors (Lipinski definition) is 2. The Labute approximate surface area is 134 Å². The quantitative estimate of drug-likeness (QED) is 0.433. The molecule has 6 nitrogen and oxygen atoms in total. The Morgan fingerprint density at radius 2 is 1.65 bits per heavy atom. The van der Waals surface area contributed by atoms with E-state index in [0.717, 1.165) is 5.39 Å². The maximum absolute atomic E-state index is 11.0. The summed E-state index contributed by atoms with van der Waals surface area (Å²) in [5.41, 5.74) is 7.24. The van der Waals surface area contributed by atoms with Crippen LogP contribution in [-0.4, -0.2) is 8.42 Å². The lowest BCUT2D eigenvalue weighted by atomic mass is 10.1. The molecule has 0 bridgehead atoms. The van der Waals surface area contributed by atoms with Gasteiger partial charge in [-0.25, -0.2) is 0 Å². The van der Waals surface area contributed by atoms with Crippen LogP contribution in [0.1, 0.15) is 0 Å². The van der Waals surface area contributed by atoms with E-state index >= 15 is 0 Å². The van der Waals surface area contributed by atoms with Crippen LogP contribution in [0.4, 0.5) is 17.1 Å². The molecule has 0 amide bonds. The van der Waals surface area contributed by atoms with Gasteiger partial charge < -0.3 is 9.92 Å². The van der Waals surface area contributed by atoms with E-state index in [1.165, 1.54) is 0 Å². The van der Waals surface area contributed by atoms with E-state index in [1.807, 2.05) is 18.2 Å². The summed E-state index contributed by atoms with van der Waals surface area (Å²) in [5, 5.41) is 9.55. The van der Waals surface area contributed by atoms with Crippen LogP contribution < -0.4 is 9.92 Å². The summed E-state index contributed by atoms with van der Waals surface area (Å²) >= 11 is 0. The van der Waals surface area contributed by atoms with Crippen molar-refractivity contribution >= 4 is 38.8 Å². The van der Waals surface area contributed by atoms with Gasteiger partial charge in [-0.2, -0.15) is 13.5 Å². The summed E-state index contributed by atoms with van der Waals surface area (Å²) in [6.45, 7) is 0. The van der Waals surface area contributed by atoms with Crippen molar-refractivity contribution in [2.45, 2.75) is 0 Å². The fourth-order valence-electron chi connectivity index (χ4n) is 2.15. The van der Waals surface area contributed by atoms with Crippen LogP contribution in [0, 0.1) is 0 Å². The third kappa shape index (κ3) is 3.46. The number of nitrogen functional groups attached to an aromatic ring is 1. The molecule has 3 rings (SSSR count). The van der Waals surface area contributed by atoms with Crippen molar-refractivity contribution < 1.29 is 12.6 Å². The van der Waals surface area contributed by atoms with E-state index in [1.54, 1.807) is 42.5 Å². The zero-order valence-electron chi connectivity index (χ0n) is 11.9. The average Bonchev–Trinajstić information content (AvgIpc) is 2.55. The lowest BCUT2D eigenvalue weighted by molar-refractivity contribution is 0.514. The van der Waals surface area contributed by atoms with Gasteiger partial charge in [-0.3, -0.25) is 0 Å². The van der Waals surface area contributed by atoms with Gasteiger partial charge in [-0.15, -0.1) is 5.11 Å². The number of nitrogens with two attached hydrogens (primary N) is 1. The first kappa shape index (κ1) is 15.0. The molecule has 7 heteroatoms. The van der Waals surface area contributed by atoms with Crippen LogP contribution in [0.25, 0.3) is 10.8 Å². The van der Waals surface area contributed by atoms with E-state index in [-0.39, 0.29) is 5.75 Å². The average molecular weight is 327 g/mol. The van der Waals surface area contributed by atoms with Gasteiger partial charge in [0.25, 0.3) is 11.0 Å². The van der Waals surface area contributed by atoms with Gasteiger partial charge in [0.15, 0.2) is 5.75 Å². The van der Waals surface area contributed by atoms with Gasteiger partial charge in [0, 0.05) is 11.1 Å². The van der Waals surface area contributed by atoms with Gasteiger partial charge >= 0.3 is 0 Å². The van der Waals surface area contributed by atoms with E-state index in [4.69, 9.17) is 9.92 Å². The second kappa shape index (κ2) is 6.45. The molecule has 0 aliphatic heterocycles. The molecule has 3 aromatic carbocycles. The number of benzene rings is 3. The highest BCUT2D eigenvalue weighted by molar-refractivity contribution is 7.67. The van der Waals surface area contributed by atoms with Crippen LogP contribution in [0.3, 0.4) is 0 Å². The molecule has 0 saturated carbocycles. The van der Waals surface area contributed by atoms with E-state index < -0.39 is 11.0 Å². The minimum atomic E-state index is -3.08. The Bertz CT molecular complexity index is 945. The Hall–Kier alpha value is -2.93. The second-order valence-electron chi connectivity index (χ2n) is 4.74. The number of rotatable bonds is 4. The molecule has 0 atom stereocenters. The monoisotopic (exact) mass is 327 g/mol. The normalized spacial score (nSPS) is 11.3. The molecule has 0 fully saturated rings. The standard InChI is InChI=1S/C16H13N3O3S/c17-12-8-6-11-7-9-15(16(14(11)10-12)22-23(20)21)19-18-13-4-2-1-3-5-13/h1-10,23H,17H2. The number of nitrogens with zero attached hydrogens (tertiary/aromatic N) is 2. The molecule has 3 aromatic rings. The van der Waals surface area contributed by atoms with Gasteiger partial charge in [-0.1, -0.05) is 30.3 Å². The first-order chi connectivity index (χ1) is 11.1. The van der Waals surface area contributed by atoms with Gasteiger partial charge in [0.1, 0.15) is 5.69 Å². The third-order valence-electron chi connectivity index (χ3n) is 3.17. The smallest absolute Gasteiger partial charge is 0.299 e. The van der Waals surface area contributed by atoms with Crippen molar-refractivity contribution in [1.82, 2.24) is 0 Å². The summed E-state index contributed by atoms with van der Waals surface area (Å²) in [4.78, 5) is 0. The summed E-state index contributed by atoms with van der Waals surface area (Å²) in [7, 11) is -3.08. The fraction of sp³-hybridized carbons (Fsp3) is 0. The third-order valence-corrected chi connectivity index (χ3v) is 3.50. The van der Waals surface area contributed by atoms with Gasteiger partial charge in [0.2, 0.25) is 0 Å². The zero-order chi connectivity index (χ0) is 16.2.